The molecule has 0 atom stereocenters. The lowest BCUT2D eigenvalue weighted by Gasteiger charge is -2.11. The number of rotatable bonds is 2. The summed E-state index contributed by atoms with van der Waals surface area (Å²) in [6, 6.07) is 1.19. The third-order valence-electron chi connectivity index (χ3n) is 1.56. The molecule has 0 spiro atoms. The fourth-order valence-corrected chi connectivity index (χ4v) is 0.907. The lowest BCUT2D eigenvalue weighted by atomic mass is 10.1. The Kier molecular flexibility index (Phi) is 5.58. The van der Waals surface area contributed by atoms with E-state index in [0.717, 1.165) is 0 Å². The minimum Gasteiger partial charge on any atom is -0.872 e. The van der Waals surface area contributed by atoms with Gasteiger partial charge in [-0.2, -0.15) is 0 Å². The number of phenols is 1. The minimum atomic E-state index is -1.51. The number of benzene rings is 1. The third kappa shape index (κ3) is 2.83. The van der Waals surface area contributed by atoms with Crippen molar-refractivity contribution in [2.75, 3.05) is 0 Å². The first kappa shape index (κ1) is 16.1. The molecule has 0 aliphatic carbocycles. The normalized spacial score (nSPS) is 8.50. The molecule has 0 amide bonds. The van der Waals surface area contributed by atoms with Gasteiger partial charge in [0.1, 0.15) is 11.3 Å². The van der Waals surface area contributed by atoms with Gasteiger partial charge in [-0.3, -0.25) is 0 Å². The molecule has 0 saturated heterocycles. The molecule has 1 rings (SSSR count). The molecule has 8 heteroatoms. The Bertz CT molecular complexity index is 375. The van der Waals surface area contributed by atoms with Crippen molar-refractivity contribution in [2.45, 2.75) is 0 Å². The van der Waals surface area contributed by atoms with E-state index in [0.29, 0.717) is 12.1 Å². The van der Waals surface area contributed by atoms with Crippen molar-refractivity contribution in [3.63, 3.8) is 0 Å². The summed E-state index contributed by atoms with van der Waals surface area (Å²) >= 11 is 0. The first-order valence-electron chi connectivity index (χ1n) is 3.44. The van der Waals surface area contributed by atoms with Gasteiger partial charge in [-0.05, 0) is 6.07 Å². The van der Waals surface area contributed by atoms with Crippen LogP contribution in [0.1, 0.15) is 20.7 Å². The van der Waals surface area contributed by atoms with Crippen LogP contribution < -0.4 is 11.3 Å². The fraction of sp³-hybridized carbons (Fsp3) is 0. The van der Waals surface area contributed by atoms with Crippen LogP contribution in [0, 0.1) is 0 Å². The van der Waals surface area contributed by atoms with Crippen LogP contribution in [0.4, 0.5) is 0 Å². The highest BCUT2D eigenvalue weighted by Gasteiger charge is 2.13. The maximum Gasteiger partial charge on any atom is 0.339 e. The van der Waals surface area contributed by atoms with Crippen molar-refractivity contribution < 1.29 is 35.5 Å². The average molecular weight is 233 g/mol. The second-order valence-electron chi connectivity index (χ2n) is 2.48. The number of quaternary nitrogens is 1. The molecule has 0 aliphatic rings. The molecule has 0 aliphatic heterocycles. The maximum atomic E-state index is 11.0. The lowest BCUT2D eigenvalue weighted by molar-refractivity contribution is -0.268. The van der Waals surface area contributed by atoms with Gasteiger partial charge in [0, 0.05) is 0 Å². The third-order valence-corrected chi connectivity index (χ3v) is 1.56. The predicted molar refractivity (Wildman–Crippen MR) is 51.1 cm³/mol. The van der Waals surface area contributed by atoms with Crippen LogP contribution in [0.5, 0.6) is 11.5 Å². The van der Waals surface area contributed by atoms with E-state index in [9.17, 15) is 14.7 Å². The summed E-state index contributed by atoms with van der Waals surface area (Å²) in [5, 5.41) is 37.0. The Morgan fingerprint density at radius 3 is 1.88 bits per heavy atom. The summed E-state index contributed by atoms with van der Waals surface area (Å²) in [6.45, 7) is 0. The molecule has 0 saturated carbocycles. The molecule has 0 aromatic heterocycles. The highest BCUT2D eigenvalue weighted by atomic mass is 16.4. The number of carbonyl (C=O) groups is 2. The van der Waals surface area contributed by atoms with Crippen LogP contribution in [0.25, 0.3) is 0 Å². The van der Waals surface area contributed by atoms with E-state index in [1.165, 1.54) is 0 Å². The van der Waals surface area contributed by atoms with Gasteiger partial charge in [0.15, 0.2) is 0 Å². The van der Waals surface area contributed by atoms with Crippen LogP contribution >= 0.6 is 0 Å². The molecule has 0 heterocycles. The van der Waals surface area contributed by atoms with Gasteiger partial charge in [0.25, 0.3) is 0 Å². The molecular formula is C8H11NO7. The molecule has 0 fully saturated rings. The van der Waals surface area contributed by atoms with E-state index in [4.69, 9.17) is 15.3 Å². The number of hydrogen-bond donors (Lipinski definition) is 4. The van der Waals surface area contributed by atoms with Crippen molar-refractivity contribution in [3.8, 4) is 11.5 Å². The quantitative estimate of drug-likeness (QED) is 0.528. The van der Waals surface area contributed by atoms with Crippen molar-refractivity contribution in [1.82, 2.24) is 6.15 Å². The van der Waals surface area contributed by atoms with E-state index in [1.807, 2.05) is 0 Å². The topological polar surface area (TPSA) is 186 Å². The van der Waals surface area contributed by atoms with Gasteiger partial charge < -0.3 is 32.1 Å². The second kappa shape index (κ2) is 5.53. The highest BCUT2D eigenvalue weighted by molar-refractivity contribution is 5.96. The van der Waals surface area contributed by atoms with Gasteiger partial charge in [0.05, 0.1) is 5.56 Å². The zero-order valence-electron chi connectivity index (χ0n) is 8.22. The van der Waals surface area contributed by atoms with Gasteiger partial charge in [-0.15, -0.1) is 0 Å². The summed E-state index contributed by atoms with van der Waals surface area (Å²) in [5.41, 5.74) is -1.27. The van der Waals surface area contributed by atoms with Gasteiger partial charge >= 0.3 is 11.9 Å². The van der Waals surface area contributed by atoms with Gasteiger partial charge in [-0.1, -0.05) is 11.8 Å². The van der Waals surface area contributed by atoms with Crippen LogP contribution in [0.15, 0.2) is 12.1 Å². The van der Waals surface area contributed by atoms with E-state index in [-0.39, 0.29) is 11.6 Å². The van der Waals surface area contributed by atoms with Crippen LogP contribution in [-0.4, -0.2) is 32.7 Å². The first-order chi connectivity index (χ1) is 6.43. The van der Waals surface area contributed by atoms with E-state index in [2.05, 4.69) is 0 Å². The SMILES string of the molecule is O.O=C(O)c1cc(O)c(C(=O)O)cc1[O-].[NH4+]. The number of carboxylic acids is 2. The van der Waals surface area contributed by atoms with Crippen LogP contribution in [0.2, 0.25) is 0 Å². The molecule has 0 radical (unpaired) electrons. The molecule has 0 unspecified atom stereocenters. The van der Waals surface area contributed by atoms with Crippen LogP contribution in [0.3, 0.4) is 0 Å². The summed E-state index contributed by atoms with van der Waals surface area (Å²) < 4.78 is 0. The van der Waals surface area contributed by atoms with Gasteiger partial charge in [0.2, 0.25) is 0 Å². The van der Waals surface area contributed by atoms with Crippen LogP contribution in [-0.2, 0) is 0 Å². The zero-order valence-corrected chi connectivity index (χ0v) is 8.22. The number of aromatic carboxylic acids is 2. The molecule has 1 aromatic carbocycles. The molecule has 1 aromatic rings. The monoisotopic (exact) mass is 233 g/mol. The Hall–Kier alpha value is -2.32. The van der Waals surface area contributed by atoms with Crippen molar-refractivity contribution in [3.05, 3.63) is 23.3 Å². The average Bonchev–Trinajstić information content (AvgIpc) is 2.07. The van der Waals surface area contributed by atoms with E-state index < -0.39 is 34.6 Å². The maximum absolute atomic E-state index is 11.0. The van der Waals surface area contributed by atoms with Gasteiger partial charge in [-0.25, -0.2) is 9.59 Å². The summed E-state index contributed by atoms with van der Waals surface area (Å²) in [7, 11) is 0. The second-order valence-corrected chi connectivity index (χ2v) is 2.48. The van der Waals surface area contributed by atoms with Crippen molar-refractivity contribution in [2.24, 2.45) is 0 Å². The van der Waals surface area contributed by atoms with E-state index >= 15 is 0 Å². The first-order valence-corrected chi connectivity index (χ1v) is 3.44. The summed E-state index contributed by atoms with van der Waals surface area (Å²) in [4.78, 5) is 20.8. The zero-order chi connectivity index (χ0) is 10.9. The predicted octanol–water partition coefficient (Wildman–Crippen LogP) is -0.586. The smallest absolute Gasteiger partial charge is 0.339 e. The standard InChI is InChI=1S/C8H6O6.H3N.H2O/c9-5-1-3(7(11)12)6(10)2-4(5)8(13)14;;/h1-2,9-10H,(H,11,12)(H,13,14);1H3;1H2. The molecule has 0 bridgehead atoms. The Morgan fingerprint density at radius 1 is 1.06 bits per heavy atom. The fourth-order valence-electron chi connectivity index (χ4n) is 0.907. The van der Waals surface area contributed by atoms with E-state index in [1.54, 1.807) is 0 Å². The largest absolute Gasteiger partial charge is 0.872 e. The van der Waals surface area contributed by atoms with Crippen molar-refractivity contribution in [1.29, 1.82) is 0 Å². The Labute approximate surface area is 89.3 Å². The Balaban J connectivity index is 0. The molecule has 90 valence electrons. The van der Waals surface area contributed by atoms with Crippen molar-refractivity contribution >= 4 is 11.9 Å². The lowest BCUT2D eigenvalue weighted by Crippen LogP contribution is -2.07. The summed E-state index contributed by atoms with van der Waals surface area (Å²) in [6.07, 6.45) is 0. The number of aromatic hydroxyl groups is 1. The number of hydrogen-bond acceptors (Lipinski definition) is 4. The number of carboxylic acid groups (broad SMARTS) is 2. The summed E-state index contributed by atoms with van der Waals surface area (Å²) in [5.74, 6) is -4.69. The highest BCUT2D eigenvalue weighted by Crippen LogP contribution is 2.25. The molecule has 9 N–H and O–H groups in total. The minimum absolute atomic E-state index is 0. The Morgan fingerprint density at radius 2 is 1.50 bits per heavy atom. The molecule has 16 heavy (non-hydrogen) atoms. The molecular weight excluding hydrogens is 222 g/mol. The molecule has 8 nitrogen and oxygen atoms in total.